The molecule has 4 aliphatic carbocycles. The molecule has 8 heteroatoms. The van der Waals surface area contributed by atoms with E-state index in [1.165, 1.54) is 14.0 Å². The molecule has 0 spiro atoms. The van der Waals surface area contributed by atoms with Crippen molar-refractivity contribution in [3.8, 4) is 0 Å². The van der Waals surface area contributed by atoms with Gasteiger partial charge in [0, 0.05) is 40.6 Å². The standard InChI is InChI=1S/C28H36O8/c1-13-11-16-26(7)22(36-21-14(2)20(32)25(13,6)28(21,26)23(33)34-8)18(31)19-24(4,5)17(35-15(3)30)9-10-27(16,19)12-29/h11-12,16-19,22,31H,9-10H2,1-8H3/t16-,17+,18-,19-,22+,25+,26-,27-,28+/m1/s1. The summed E-state index contributed by atoms with van der Waals surface area (Å²) in [5.74, 6) is -2.11. The summed E-state index contributed by atoms with van der Waals surface area (Å²) in [5, 5.41) is 12.1. The van der Waals surface area contributed by atoms with Crippen LogP contribution < -0.4 is 0 Å². The molecule has 3 fully saturated rings. The predicted molar refractivity (Wildman–Crippen MR) is 127 cm³/mol. The number of methoxy groups -OCH3 is 1. The van der Waals surface area contributed by atoms with E-state index in [2.05, 4.69) is 0 Å². The van der Waals surface area contributed by atoms with Crippen molar-refractivity contribution in [2.45, 2.75) is 79.6 Å². The van der Waals surface area contributed by atoms with Gasteiger partial charge in [0.2, 0.25) is 0 Å². The van der Waals surface area contributed by atoms with Crippen molar-refractivity contribution in [3.05, 3.63) is 23.0 Å². The SMILES string of the molecule is COC(=O)[C@@]12C3=C(C)C(=O)[C@]1(C)C(C)=C[C@H]1[C@]4(C=O)CC[C@H](OC(C)=O)C(C)(C)[C@H]4[C@@H](O)[C@H](O3)[C@@]12C. The first-order chi connectivity index (χ1) is 16.6. The number of ketones is 1. The monoisotopic (exact) mass is 500 g/mol. The number of aliphatic hydroxyl groups excluding tert-OH is 1. The highest BCUT2D eigenvalue weighted by molar-refractivity contribution is 6.11. The Labute approximate surface area is 211 Å². The molecular formula is C28H36O8. The van der Waals surface area contributed by atoms with Gasteiger partial charge in [0.05, 0.1) is 18.6 Å². The van der Waals surface area contributed by atoms with Crippen LogP contribution in [-0.4, -0.2) is 54.5 Å². The minimum Gasteiger partial charge on any atom is -0.490 e. The van der Waals surface area contributed by atoms with Crippen molar-refractivity contribution < 1.29 is 38.5 Å². The lowest BCUT2D eigenvalue weighted by molar-refractivity contribution is -0.252. The van der Waals surface area contributed by atoms with Gasteiger partial charge in [0.25, 0.3) is 0 Å². The van der Waals surface area contributed by atoms with Crippen LogP contribution in [0.5, 0.6) is 0 Å². The van der Waals surface area contributed by atoms with Gasteiger partial charge in [-0.3, -0.25) is 14.4 Å². The largest absolute Gasteiger partial charge is 0.490 e. The van der Waals surface area contributed by atoms with E-state index in [4.69, 9.17) is 14.2 Å². The third kappa shape index (κ3) is 2.24. The maximum atomic E-state index is 13.9. The summed E-state index contributed by atoms with van der Waals surface area (Å²) in [7, 11) is 1.30. The number of hydrogen-bond donors (Lipinski definition) is 1. The number of Topliss-reactive ketones (excluding diaryl/α,β-unsaturated/α-hetero) is 1. The zero-order valence-electron chi connectivity index (χ0n) is 22.3. The Balaban J connectivity index is 1.84. The zero-order chi connectivity index (χ0) is 26.8. The van der Waals surface area contributed by atoms with Crippen LogP contribution in [0.2, 0.25) is 0 Å². The molecule has 9 atom stereocenters. The molecule has 0 bridgehead atoms. The maximum absolute atomic E-state index is 13.9. The molecule has 0 aromatic heterocycles. The fourth-order valence-electron chi connectivity index (χ4n) is 9.56. The summed E-state index contributed by atoms with van der Waals surface area (Å²) in [6.07, 6.45) is 1.16. The van der Waals surface area contributed by atoms with Gasteiger partial charge in [-0.2, -0.15) is 0 Å². The highest BCUT2D eigenvalue weighted by Crippen LogP contribution is 2.81. The van der Waals surface area contributed by atoms with Crippen LogP contribution in [0, 0.1) is 38.9 Å². The number of esters is 2. The van der Waals surface area contributed by atoms with E-state index in [1.807, 2.05) is 33.8 Å². The first-order valence-corrected chi connectivity index (χ1v) is 12.7. The number of ether oxygens (including phenoxy) is 3. The number of aldehydes is 1. The molecule has 0 unspecified atom stereocenters. The Bertz CT molecular complexity index is 1160. The van der Waals surface area contributed by atoms with Gasteiger partial charge in [0.1, 0.15) is 24.3 Å². The normalized spacial score (nSPS) is 47.9. The number of aliphatic hydroxyl groups is 1. The van der Waals surface area contributed by atoms with E-state index in [9.17, 15) is 24.3 Å². The van der Waals surface area contributed by atoms with Gasteiger partial charge in [-0.1, -0.05) is 32.4 Å². The summed E-state index contributed by atoms with van der Waals surface area (Å²) in [4.78, 5) is 52.8. The second kappa shape index (κ2) is 7.09. The number of allylic oxidation sites excluding steroid dienone is 3. The van der Waals surface area contributed by atoms with Crippen LogP contribution in [0.4, 0.5) is 0 Å². The molecule has 2 saturated carbocycles. The van der Waals surface area contributed by atoms with E-state index in [1.54, 1.807) is 13.8 Å². The van der Waals surface area contributed by atoms with Gasteiger partial charge in [-0.25, -0.2) is 0 Å². The van der Waals surface area contributed by atoms with E-state index >= 15 is 0 Å². The molecule has 0 aromatic rings. The Morgan fingerprint density at radius 2 is 1.83 bits per heavy atom. The Kier molecular flexibility index (Phi) is 4.96. The van der Waals surface area contributed by atoms with Gasteiger partial charge in [0.15, 0.2) is 11.2 Å². The summed E-state index contributed by atoms with van der Waals surface area (Å²) < 4.78 is 17.6. The van der Waals surface area contributed by atoms with Crippen LogP contribution in [0.15, 0.2) is 23.0 Å². The van der Waals surface area contributed by atoms with Crippen LogP contribution in [-0.2, 0) is 33.4 Å². The smallest absolute Gasteiger partial charge is 0.321 e. The molecule has 0 radical (unpaired) electrons. The minimum atomic E-state index is -1.51. The van der Waals surface area contributed by atoms with Crippen molar-refractivity contribution in [1.82, 2.24) is 0 Å². The van der Waals surface area contributed by atoms with Crippen LogP contribution in [0.25, 0.3) is 0 Å². The lowest BCUT2D eigenvalue weighted by Crippen LogP contribution is -2.74. The molecule has 0 aromatic carbocycles. The molecule has 5 rings (SSSR count). The molecule has 5 aliphatic rings. The first-order valence-electron chi connectivity index (χ1n) is 12.7. The van der Waals surface area contributed by atoms with Gasteiger partial charge in [-0.05, 0) is 33.6 Å². The number of carbonyl (C=O) groups excluding carboxylic acids is 4. The average Bonchev–Trinajstić information content (AvgIpc) is 3.20. The Morgan fingerprint density at radius 1 is 1.19 bits per heavy atom. The predicted octanol–water partition coefficient (Wildman–Crippen LogP) is 2.92. The third-order valence-corrected chi connectivity index (χ3v) is 11.0. The molecule has 1 aliphatic heterocycles. The molecule has 1 heterocycles. The fraction of sp³-hybridized carbons (Fsp3) is 0.714. The summed E-state index contributed by atoms with van der Waals surface area (Å²) in [6, 6.07) is 0. The Hall–Kier alpha value is -2.48. The quantitative estimate of drug-likeness (QED) is 0.357. The second-order valence-corrected chi connectivity index (χ2v) is 12.5. The molecule has 1 saturated heterocycles. The van der Waals surface area contributed by atoms with Crippen LogP contribution in [0.1, 0.15) is 61.3 Å². The molecule has 1 N–H and O–H groups in total. The fourth-order valence-corrected chi connectivity index (χ4v) is 9.56. The van der Waals surface area contributed by atoms with Crippen molar-refractivity contribution in [2.24, 2.45) is 38.9 Å². The summed E-state index contributed by atoms with van der Waals surface area (Å²) >= 11 is 0. The molecule has 36 heavy (non-hydrogen) atoms. The van der Waals surface area contributed by atoms with E-state index < -0.39 is 69.2 Å². The van der Waals surface area contributed by atoms with Crippen molar-refractivity contribution in [3.63, 3.8) is 0 Å². The van der Waals surface area contributed by atoms with Gasteiger partial charge >= 0.3 is 11.9 Å². The summed E-state index contributed by atoms with van der Waals surface area (Å²) in [6.45, 7) is 12.3. The lowest BCUT2D eigenvalue weighted by Gasteiger charge is -2.68. The number of rotatable bonds is 3. The molecule has 196 valence electrons. The van der Waals surface area contributed by atoms with Crippen molar-refractivity contribution >= 4 is 24.0 Å². The lowest BCUT2D eigenvalue weighted by atomic mass is 9.33. The number of fused-ring (bicyclic) bond motifs is 2. The molecule has 8 nitrogen and oxygen atoms in total. The van der Waals surface area contributed by atoms with Crippen LogP contribution in [0.3, 0.4) is 0 Å². The highest BCUT2D eigenvalue weighted by atomic mass is 16.6. The average molecular weight is 501 g/mol. The maximum Gasteiger partial charge on any atom is 0.321 e. The van der Waals surface area contributed by atoms with Gasteiger partial charge < -0.3 is 24.1 Å². The van der Waals surface area contributed by atoms with Crippen molar-refractivity contribution in [1.29, 1.82) is 0 Å². The number of carbonyl (C=O) groups is 4. The zero-order valence-corrected chi connectivity index (χ0v) is 22.3. The first kappa shape index (κ1) is 25.2. The third-order valence-electron chi connectivity index (χ3n) is 11.0. The summed E-state index contributed by atoms with van der Waals surface area (Å²) in [5.41, 5.74) is -4.73. The van der Waals surface area contributed by atoms with E-state index in [0.717, 1.165) is 6.29 Å². The topological polar surface area (TPSA) is 116 Å². The molecular weight excluding hydrogens is 464 g/mol. The Morgan fingerprint density at radius 3 is 2.39 bits per heavy atom. The van der Waals surface area contributed by atoms with Gasteiger partial charge in [-0.15, -0.1) is 0 Å². The second-order valence-electron chi connectivity index (χ2n) is 12.5. The van der Waals surface area contributed by atoms with E-state index in [0.29, 0.717) is 24.0 Å². The minimum absolute atomic E-state index is 0.203. The number of hydrogen-bond acceptors (Lipinski definition) is 8. The molecule has 0 amide bonds. The van der Waals surface area contributed by atoms with Crippen LogP contribution >= 0.6 is 0 Å². The van der Waals surface area contributed by atoms with Crippen molar-refractivity contribution in [2.75, 3.05) is 7.11 Å². The highest BCUT2D eigenvalue weighted by Gasteiger charge is 2.87. The van der Waals surface area contributed by atoms with E-state index in [-0.39, 0.29) is 11.5 Å².